The monoisotopic (exact) mass is 397 g/mol. The van der Waals surface area contributed by atoms with Gasteiger partial charge in [-0.05, 0) is 22.8 Å². The van der Waals surface area contributed by atoms with E-state index in [4.69, 9.17) is 6.57 Å². The highest BCUT2D eigenvalue weighted by atomic mass is 15.3. The number of benzene rings is 3. The molecular formula is C26H15N5. The first kappa shape index (κ1) is 18.3. The van der Waals surface area contributed by atoms with Gasteiger partial charge >= 0.3 is 0 Å². The summed E-state index contributed by atoms with van der Waals surface area (Å²) in [7, 11) is 0. The van der Waals surface area contributed by atoms with Crippen LogP contribution in [0.1, 0.15) is 11.1 Å². The second-order valence-electron chi connectivity index (χ2n) is 7.00. The molecule has 3 aromatic carbocycles. The van der Waals surface area contributed by atoms with Crippen LogP contribution in [0, 0.1) is 17.9 Å². The number of aromatic nitrogens is 3. The molecule has 0 aliphatic rings. The zero-order chi connectivity index (χ0) is 21.2. The van der Waals surface area contributed by atoms with E-state index < -0.39 is 0 Å². The fourth-order valence-corrected chi connectivity index (χ4v) is 3.59. The molecular weight excluding hydrogens is 382 g/mol. The van der Waals surface area contributed by atoms with E-state index >= 15 is 0 Å². The van der Waals surface area contributed by atoms with E-state index in [1.807, 2.05) is 78.9 Å². The third kappa shape index (κ3) is 3.21. The molecule has 0 saturated heterocycles. The Hall–Kier alpha value is -4.74. The van der Waals surface area contributed by atoms with Gasteiger partial charge in [-0.3, -0.25) is 0 Å². The first-order valence-electron chi connectivity index (χ1n) is 9.71. The first-order chi connectivity index (χ1) is 15.3. The van der Waals surface area contributed by atoms with Gasteiger partial charge in [0, 0.05) is 5.56 Å². The van der Waals surface area contributed by atoms with Gasteiger partial charge in [-0.25, -0.2) is 14.3 Å². The molecule has 0 atom stereocenters. The van der Waals surface area contributed by atoms with Crippen LogP contribution in [0.2, 0.25) is 0 Å². The second-order valence-corrected chi connectivity index (χ2v) is 7.00. The van der Waals surface area contributed by atoms with Crippen molar-refractivity contribution >= 4 is 17.4 Å². The van der Waals surface area contributed by atoms with Crippen molar-refractivity contribution in [1.82, 2.24) is 14.6 Å². The van der Waals surface area contributed by atoms with E-state index in [9.17, 15) is 5.26 Å². The summed E-state index contributed by atoms with van der Waals surface area (Å²) in [5, 5.41) is 14.9. The van der Waals surface area contributed by atoms with Crippen molar-refractivity contribution in [2.45, 2.75) is 0 Å². The quantitative estimate of drug-likeness (QED) is 0.401. The minimum atomic E-state index is 0.247. The van der Waals surface area contributed by atoms with Gasteiger partial charge in [-0.15, -0.1) is 5.10 Å². The van der Waals surface area contributed by atoms with Gasteiger partial charge in [-0.1, -0.05) is 84.9 Å². The lowest BCUT2D eigenvalue weighted by molar-refractivity contribution is 0.950. The van der Waals surface area contributed by atoms with Crippen molar-refractivity contribution in [3.8, 4) is 28.6 Å². The maximum absolute atomic E-state index is 9.68. The van der Waals surface area contributed by atoms with E-state index in [2.05, 4.69) is 33.1 Å². The molecule has 0 N–H and O–H groups in total. The molecule has 144 valence electrons. The molecule has 0 fully saturated rings. The van der Waals surface area contributed by atoms with Crippen LogP contribution in [-0.2, 0) is 0 Å². The fraction of sp³-hybridized carbons (Fsp3) is 0. The summed E-state index contributed by atoms with van der Waals surface area (Å²) in [4.78, 5) is 8.18. The summed E-state index contributed by atoms with van der Waals surface area (Å²) < 4.78 is 1.60. The normalized spacial score (nSPS) is 11.4. The molecule has 0 amide bonds. The van der Waals surface area contributed by atoms with Crippen molar-refractivity contribution in [1.29, 1.82) is 5.26 Å². The predicted octanol–water partition coefficient (Wildman–Crippen LogP) is 5.03. The van der Waals surface area contributed by atoms with Crippen molar-refractivity contribution in [3.05, 3.63) is 113 Å². The summed E-state index contributed by atoms with van der Waals surface area (Å²) in [6, 6.07) is 30.0. The fourth-order valence-electron chi connectivity index (χ4n) is 3.59. The summed E-state index contributed by atoms with van der Waals surface area (Å²) in [5.41, 5.74) is 4.94. The van der Waals surface area contributed by atoms with Gasteiger partial charge in [0.15, 0.2) is 11.5 Å². The summed E-state index contributed by atoms with van der Waals surface area (Å²) >= 11 is 0. The molecule has 0 unspecified atom stereocenters. The smallest absolute Gasteiger partial charge is 0.233 e. The summed E-state index contributed by atoms with van der Waals surface area (Å²) in [5.74, 6) is 0.519. The molecule has 5 aromatic rings. The number of hydrogen-bond acceptors (Lipinski definition) is 3. The minimum Gasteiger partial charge on any atom is -0.234 e. The van der Waals surface area contributed by atoms with E-state index in [1.165, 1.54) is 0 Å². The van der Waals surface area contributed by atoms with Crippen LogP contribution in [0.25, 0.3) is 39.1 Å². The Morgan fingerprint density at radius 3 is 2.10 bits per heavy atom. The Morgan fingerprint density at radius 1 is 0.839 bits per heavy atom. The summed E-state index contributed by atoms with van der Waals surface area (Å²) in [6.45, 7) is 7.57. The molecule has 0 aliphatic carbocycles. The number of nitriles is 1. The van der Waals surface area contributed by atoms with Crippen LogP contribution in [0.5, 0.6) is 0 Å². The molecule has 31 heavy (non-hydrogen) atoms. The Balaban J connectivity index is 1.65. The Kier molecular flexibility index (Phi) is 4.48. The molecule has 0 bridgehead atoms. The Bertz CT molecular complexity index is 1520. The largest absolute Gasteiger partial charge is 0.234 e. The number of rotatable bonds is 3. The molecule has 5 heteroatoms. The number of hydrogen-bond donors (Lipinski definition) is 0. The topological polar surface area (TPSA) is 58.3 Å². The van der Waals surface area contributed by atoms with Crippen LogP contribution < -0.4 is 5.35 Å². The molecule has 2 aromatic heterocycles. The molecule has 5 rings (SSSR count). The third-order valence-electron chi connectivity index (χ3n) is 5.12. The minimum absolute atomic E-state index is 0.247. The van der Waals surface area contributed by atoms with Crippen LogP contribution in [-0.4, -0.2) is 14.6 Å². The van der Waals surface area contributed by atoms with Gasteiger partial charge in [0.05, 0.1) is 18.0 Å². The van der Waals surface area contributed by atoms with Crippen LogP contribution in [0.3, 0.4) is 0 Å². The lowest BCUT2D eigenvalue weighted by Gasteiger charge is -2.02. The zero-order valence-electron chi connectivity index (χ0n) is 16.4. The second kappa shape index (κ2) is 7.59. The maximum atomic E-state index is 9.68. The molecule has 0 saturated carbocycles. The van der Waals surface area contributed by atoms with Crippen molar-refractivity contribution in [2.24, 2.45) is 0 Å². The highest BCUT2D eigenvalue weighted by Gasteiger charge is 2.19. The Labute approximate surface area is 179 Å². The lowest BCUT2D eigenvalue weighted by atomic mass is 10.0. The third-order valence-corrected chi connectivity index (χ3v) is 5.12. The maximum Gasteiger partial charge on any atom is 0.233 e. The van der Waals surface area contributed by atoms with Crippen molar-refractivity contribution in [3.63, 3.8) is 0 Å². The van der Waals surface area contributed by atoms with Crippen molar-refractivity contribution in [2.75, 3.05) is 0 Å². The van der Waals surface area contributed by atoms with Gasteiger partial charge in [0.1, 0.15) is 5.56 Å². The SMILES string of the molecule is [C-]#[N+]c1c(C#N)c2nc(-c3ccc(-c4ccccc4)cc3)nn2/c1=C/c1ccccc1. The van der Waals surface area contributed by atoms with E-state index in [0.717, 1.165) is 22.3 Å². The highest BCUT2D eigenvalue weighted by molar-refractivity contribution is 5.77. The van der Waals surface area contributed by atoms with E-state index in [1.54, 1.807) is 4.52 Å². The highest BCUT2D eigenvalue weighted by Crippen LogP contribution is 2.26. The van der Waals surface area contributed by atoms with Gasteiger partial charge in [-0.2, -0.15) is 5.26 Å². The molecule has 0 aliphatic heterocycles. The number of nitrogens with zero attached hydrogens (tertiary/aromatic N) is 5. The van der Waals surface area contributed by atoms with Crippen molar-refractivity contribution < 1.29 is 0 Å². The van der Waals surface area contributed by atoms with Crippen LogP contribution >= 0.6 is 0 Å². The van der Waals surface area contributed by atoms with Crippen LogP contribution in [0.4, 0.5) is 5.69 Å². The van der Waals surface area contributed by atoms with Gasteiger partial charge in [0.2, 0.25) is 5.69 Å². The van der Waals surface area contributed by atoms with Gasteiger partial charge in [0.25, 0.3) is 0 Å². The number of fused-ring (bicyclic) bond motifs is 1. The molecule has 0 radical (unpaired) electrons. The average molecular weight is 397 g/mol. The molecule has 5 nitrogen and oxygen atoms in total. The lowest BCUT2D eigenvalue weighted by Crippen LogP contribution is -2.09. The van der Waals surface area contributed by atoms with Crippen LogP contribution in [0.15, 0.2) is 84.9 Å². The Morgan fingerprint density at radius 2 is 1.45 bits per heavy atom. The average Bonchev–Trinajstić information content (AvgIpc) is 3.38. The van der Waals surface area contributed by atoms with Gasteiger partial charge < -0.3 is 0 Å². The van der Waals surface area contributed by atoms with E-state index in [0.29, 0.717) is 16.8 Å². The molecule has 2 heterocycles. The summed E-state index contributed by atoms with van der Waals surface area (Å²) in [6.07, 6.45) is 1.86. The standard InChI is InChI=1S/C26H15N5/c1-28-24-22(17-27)26-29-25(30-31(26)23(24)16-18-8-4-2-5-9-18)21-14-12-20(13-15-21)19-10-6-3-7-11-19/h2-16H/b23-16+. The van der Waals surface area contributed by atoms with E-state index in [-0.39, 0.29) is 11.3 Å². The molecule has 0 spiro atoms. The first-order valence-corrected chi connectivity index (χ1v) is 9.71. The zero-order valence-corrected chi connectivity index (χ0v) is 16.4. The predicted molar refractivity (Wildman–Crippen MR) is 120 cm³/mol.